The minimum Gasteiger partial charge on any atom is -0.493 e. The summed E-state index contributed by atoms with van der Waals surface area (Å²) in [6.07, 6.45) is 2.69. The molecule has 1 aliphatic heterocycles. The molecule has 0 saturated carbocycles. The van der Waals surface area contributed by atoms with Gasteiger partial charge in [-0.15, -0.1) is 0 Å². The third-order valence-corrected chi connectivity index (χ3v) is 7.42. The quantitative estimate of drug-likeness (QED) is 0.192. The molecule has 4 amide bonds. The average Bonchev–Trinajstić information content (AvgIpc) is 3.06. The summed E-state index contributed by atoms with van der Waals surface area (Å²) in [6, 6.07) is 15.1. The second kappa shape index (κ2) is 17.3. The van der Waals surface area contributed by atoms with Crippen molar-refractivity contribution >= 4 is 35.1 Å². The lowest BCUT2D eigenvalue weighted by Gasteiger charge is -2.27. The number of ether oxygens (including phenoxy) is 4. The number of unbranched alkanes of at least 4 members (excludes halogenated alkanes) is 1. The van der Waals surface area contributed by atoms with Gasteiger partial charge in [0.25, 0.3) is 5.91 Å². The first-order chi connectivity index (χ1) is 23.0. The minimum absolute atomic E-state index is 0.178. The van der Waals surface area contributed by atoms with Crippen LogP contribution < -0.4 is 25.4 Å². The lowest BCUT2D eigenvalue weighted by molar-refractivity contribution is 0.0370. The Balaban J connectivity index is 1.41. The third kappa shape index (κ3) is 11.1. The molecule has 2 aromatic carbocycles. The molecule has 2 heterocycles. The smallest absolute Gasteiger partial charge is 0.412 e. The van der Waals surface area contributed by atoms with E-state index in [2.05, 4.69) is 25.8 Å². The maximum absolute atomic E-state index is 13.5. The zero-order chi connectivity index (χ0) is 34.5. The highest BCUT2D eigenvalue weighted by Crippen LogP contribution is 2.30. The molecule has 0 aliphatic carbocycles. The molecule has 1 fully saturated rings. The zero-order valence-corrected chi connectivity index (χ0v) is 28.3. The number of rotatable bonds is 13. The first kappa shape index (κ1) is 36.0. The van der Waals surface area contributed by atoms with Crippen LogP contribution in [0.2, 0.25) is 0 Å². The van der Waals surface area contributed by atoms with Gasteiger partial charge in [0.2, 0.25) is 0 Å². The van der Waals surface area contributed by atoms with Crippen LogP contribution in [0.1, 0.15) is 49.7 Å². The molecule has 0 spiro atoms. The standard InChI is InChI=1S/C35H46N6O7/c1-35(2,3)48-34(44)39-28-11-7-6-10-27(28)38-32(42)29-14-12-25(23-36-29)24-41(17-9-8-16-40-18-20-47-21-19-40)33(43)37-26-13-15-30(45-4)31(22-26)46-5/h6-7,10-15,22-23H,8-9,16-21,24H2,1-5H3,(H,37,43)(H,38,42)(H,39,44). The highest BCUT2D eigenvalue weighted by molar-refractivity contribution is 6.05. The van der Waals surface area contributed by atoms with Crippen molar-refractivity contribution in [2.75, 3.05) is 69.6 Å². The third-order valence-electron chi connectivity index (χ3n) is 7.42. The Kier molecular flexibility index (Phi) is 13.0. The van der Waals surface area contributed by atoms with Crippen molar-refractivity contribution in [2.24, 2.45) is 0 Å². The summed E-state index contributed by atoms with van der Waals surface area (Å²) in [5, 5.41) is 8.44. The molecule has 0 bridgehead atoms. The van der Waals surface area contributed by atoms with E-state index < -0.39 is 17.6 Å². The molecule has 13 heteroatoms. The van der Waals surface area contributed by atoms with E-state index in [0.29, 0.717) is 35.1 Å². The Hall–Kier alpha value is -4.88. The van der Waals surface area contributed by atoms with Crippen LogP contribution in [-0.4, -0.2) is 92.0 Å². The van der Waals surface area contributed by atoms with E-state index in [4.69, 9.17) is 18.9 Å². The summed E-state index contributed by atoms with van der Waals surface area (Å²) in [6.45, 7) is 10.4. The predicted molar refractivity (Wildman–Crippen MR) is 184 cm³/mol. The topological polar surface area (TPSA) is 144 Å². The van der Waals surface area contributed by atoms with Crippen LogP contribution >= 0.6 is 0 Å². The van der Waals surface area contributed by atoms with Crippen LogP contribution in [0.4, 0.5) is 26.7 Å². The van der Waals surface area contributed by atoms with Gasteiger partial charge in [-0.1, -0.05) is 18.2 Å². The van der Waals surface area contributed by atoms with Crippen LogP contribution in [0.15, 0.2) is 60.8 Å². The number of aromatic nitrogens is 1. The van der Waals surface area contributed by atoms with Crippen molar-refractivity contribution in [3.05, 3.63) is 72.1 Å². The molecule has 258 valence electrons. The van der Waals surface area contributed by atoms with Crippen LogP contribution in [0.25, 0.3) is 0 Å². The second-order valence-corrected chi connectivity index (χ2v) is 12.3. The van der Waals surface area contributed by atoms with Gasteiger partial charge in [0.05, 0.1) is 38.8 Å². The summed E-state index contributed by atoms with van der Waals surface area (Å²) in [7, 11) is 3.10. The van der Waals surface area contributed by atoms with Crippen molar-refractivity contribution in [3.63, 3.8) is 0 Å². The summed E-state index contributed by atoms with van der Waals surface area (Å²) in [5.74, 6) is 0.619. The number of pyridine rings is 1. The largest absolute Gasteiger partial charge is 0.493 e. The Morgan fingerprint density at radius 1 is 0.896 bits per heavy atom. The number of nitrogens with zero attached hydrogens (tertiary/aromatic N) is 3. The number of morpholine rings is 1. The fourth-order valence-electron chi connectivity index (χ4n) is 5.01. The van der Waals surface area contributed by atoms with Gasteiger partial charge in [-0.25, -0.2) is 9.59 Å². The number of carbonyl (C=O) groups is 3. The molecule has 1 aromatic heterocycles. The summed E-state index contributed by atoms with van der Waals surface area (Å²) < 4.78 is 21.5. The Bertz CT molecular complexity index is 1520. The number of hydrogen-bond donors (Lipinski definition) is 3. The van der Waals surface area contributed by atoms with E-state index in [9.17, 15) is 14.4 Å². The van der Waals surface area contributed by atoms with Gasteiger partial charge >= 0.3 is 12.1 Å². The SMILES string of the molecule is COc1ccc(NC(=O)N(CCCCN2CCOCC2)Cc2ccc(C(=O)Nc3ccccc3NC(=O)OC(C)(C)C)nc2)cc1OC. The van der Waals surface area contributed by atoms with Crippen molar-refractivity contribution in [2.45, 2.75) is 45.8 Å². The highest BCUT2D eigenvalue weighted by atomic mass is 16.6. The average molecular weight is 663 g/mol. The number of urea groups is 1. The van der Waals surface area contributed by atoms with E-state index >= 15 is 0 Å². The molecular formula is C35H46N6O7. The number of methoxy groups -OCH3 is 2. The van der Waals surface area contributed by atoms with Gasteiger partial charge in [-0.2, -0.15) is 0 Å². The minimum atomic E-state index is -0.670. The molecule has 3 N–H and O–H groups in total. The molecule has 13 nitrogen and oxygen atoms in total. The number of para-hydroxylation sites is 2. The van der Waals surface area contributed by atoms with Gasteiger partial charge < -0.3 is 34.5 Å². The van der Waals surface area contributed by atoms with E-state index in [1.165, 1.54) is 0 Å². The number of amides is 4. The van der Waals surface area contributed by atoms with Gasteiger partial charge in [0.1, 0.15) is 11.3 Å². The molecule has 3 aromatic rings. The van der Waals surface area contributed by atoms with Crippen molar-refractivity contribution < 1.29 is 33.3 Å². The molecule has 48 heavy (non-hydrogen) atoms. The van der Waals surface area contributed by atoms with Gasteiger partial charge in [0, 0.05) is 44.1 Å². The number of carbonyl (C=O) groups excluding carboxylic acids is 3. The first-order valence-electron chi connectivity index (χ1n) is 16.0. The number of hydrogen-bond acceptors (Lipinski definition) is 9. The fraction of sp³-hybridized carbons (Fsp3) is 0.429. The van der Waals surface area contributed by atoms with E-state index in [-0.39, 0.29) is 18.3 Å². The maximum Gasteiger partial charge on any atom is 0.412 e. The van der Waals surface area contributed by atoms with E-state index in [1.807, 2.05) is 0 Å². The molecule has 0 atom stereocenters. The van der Waals surface area contributed by atoms with Gasteiger partial charge in [-0.3, -0.25) is 20.0 Å². The monoisotopic (exact) mass is 662 g/mol. The van der Waals surface area contributed by atoms with Gasteiger partial charge in [-0.05, 0) is 76.1 Å². The molecule has 1 saturated heterocycles. The van der Waals surface area contributed by atoms with Crippen LogP contribution in [-0.2, 0) is 16.0 Å². The Labute approximate surface area is 281 Å². The molecule has 0 radical (unpaired) electrons. The first-order valence-corrected chi connectivity index (χ1v) is 16.0. The second-order valence-electron chi connectivity index (χ2n) is 12.3. The number of anilines is 3. The molecule has 1 aliphatic rings. The van der Waals surface area contributed by atoms with Crippen LogP contribution in [0.5, 0.6) is 11.5 Å². The van der Waals surface area contributed by atoms with E-state index in [0.717, 1.165) is 51.3 Å². The van der Waals surface area contributed by atoms with Crippen LogP contribution in [0, 0.1) is 0 Å². The van der Waals surface area contributed by atoms with Gasteiger partial charge in [0.15, 0.2) is 11.5 Å². The predicted octanol–water partition coefficient (Wildman–Crippen LogP) is 5.84. The number of benzene rings is 2. The number of nitrogens with one attached hydrogen (secondary N) is 3. The normalized spacial score (nSPS) is 13.3. The molecule has 0 unspecified atom stereocenters. The van der Waals surface area contributed by atoms with Crippen LogP contribution in [0.3, 0.4) is 0 Å². The lowest BCUT2D eigenvalue weighted by Crippen LogP contribution is -2.38. The molecular weight excluding hydrogens is 616 g/mol. The fourth-order valence-corrected chi connectivity index (χ4v) is 5.01. The molecule has 4 rings (SSSR count). The van der Waals surface area contributed by atoms with Crippen molar-refractivity contribution in [1.29, 1.82) is 0 Å². The Morgan fingerprint density at radius 3 is 2.25 bits per heavy atom. The summed E-state index contributed by atoms with van der Waals surface area (Å²) in [4.78, 5) is 47.4. The van der Waals surface area contributed by atoms with Crippen molar-refractivity contribution in [3.8, 4) is 11.5 Å². The lowest BCUT2D eigenvalue weighted by atomic mass is 10.2. The maximum atomic E-state index is 13.5. The summed E-state index contributed by atoms with van der Waals surface area (Å²) in [5.41, 5.74) is 1.63. The highest BCUT2D eigenvalue weighted by Gasteiger charge is 2.20. The Morgan fingerprint density at radius 2 is 1.60 bits per heavy atom. The summed E-state index contributed by atoms with van der Waals surface area (Å²) >= 11 is 0. The van der Waals surface area contributed by atoms with Crippen molar-refractivity contribution in [1.82, 2.24) is 14.8 Å². The van der Waals surface area contributed by atoms with E-state index in [1.54, 1.807) is 101 Å². The zero-order valence-electron chi connectivity index (χ0n) is 28.3.